The fourth-order valence-electron chi connectivity index (χ4n) is 1.20. The number of hydrogen-bond acceptors (Lipinski definition) is 5. The fraction of sp³-hybridized carbons (Fsp3) is 0.333. The Kier molecular flexibility index (Phi) is 5.13. The summed E-state index contributed by atoms with van der Waals surface area (Å²) in [7, 11) is -4.46. The lowest BCUT2D eigenvalue weighted by atomic mass is 10.3. The molecule has 0 heterocycles. The molecule has 1 aromatic carbocycles. The summed E-state index contributed by atoms with van der Waals surface area (Å²) in [4.78, 5) is 9.15. The Bertz CT molecular complexity index is 624. The molecule has 0 aliphatic carbocycles. The second-order valence-electron chi connectivity index (χ2n) is 3.75. The van der Waals surface area contributed by atoms with Crippen LogP contribution in [0.25, 0.3) is 0 Å². The monoisotopic (exact) mass is 373 g/mol. The van der Waals surface area contributed by atoms with Crippen molar-refractivity contribution in [2.75, 3.05) is 13.1 Å². The normalized spacial score (nSPS) is 12.4. The van der Waals surface area contributed by atoms with Gasteiger partial charge < -0.3 is 5.73 Å². The zero-order valence-electron chi connectivity index (χ0n) is 9.85. The maximum absolute atomic E-state index is 12.9. The SMILES string of the molecule is NCC(F)(F)CNS(=O)(=O)c1cc(Br)ccc1[N+](=O)[O-]. The van der Waals surface area contributed by atoms with Crippen molar-refractivity contribution in [3.05, 3.63) is 32.8 Å². The molecule has 0 unspecified atom stereocenters. The predicted molar refractivity (Wildman–Crippen MR) is 70.0 cm³/mol. The average molecular weight is 374 g/mol. The summed E-state index contributed by atoms with van der Waals surface area (Å²) in [5.41, 5.74) is 4.06. The Morgan fingerprint density at radius 1 is 1.45 bits per heavy atom. The van der Waals surface area contributed by atoms with Gasteiger partial charge in [0.15, 0.2) is 4.90 Å². The molecule has 0 saturated carbocycles. The number of nitro groups is 1. The lowest BCUT2D eigenvalue weighted by Gasteiger charge is -2.14. The lowest BCUT2D eigenvalue weighted by molar-refractivity contribution is -0.387. The van der Waals surface area contributed by atoms with E-state index in [1.807, 2.05) is 0 Å². The number of nitro benzene ring substituents is 1. The third-order valence-electron chi connectivity index (χ3n) is 2.23. The number of nitrogens with one attached hydrogen (secondary N) is 1. The van der Waals surface area contributed by atoms with Gasteiger partial charge in [-0.05, 0) is 12.1 Å². The summed E-state index contributed by atoms with van der Waals surface area (Å²) in [5.74, 6) is -3.44. The van der Waals surface area contributed by atoms with E-state index in [1.54, 1.807) is 4.72 Å². The molecule has 0 aliphatic heterocycles. The van der Waals surface area contributed by atoms with Crippen LogP contribution in [0.2, 0.25) is 0 Å². The molecule has 1 aromatic rings. The Morgan fingerprint density at radius 2 is 2.05 bits per heavy atom. The largest absolute Gasteiger partial charge is 0.325 e. The minimum Gasteiger partial charge on any atom is -0.325 e. The highest BCUT2D eigenvalue weighted by Crippen LogP contribution is 2.27. The highest BCUT2D eigenvalue weighted by Gasteiger charge is 2.32. The van der Waals surface area contributed by atoms with Crippen LogP contribution in [-0.4, -0.2) is 32.4 Å². The number of rotatable bonds is 6. The van der Waals surface area contributed by atoms with Crippen molar-refractivity contribution < 1.29 is 22.1 Å². The summed E-state index contributed by atoms with van der Waals surface area (Å²) < 4.78 is 51.5. The van der Waals surface area contributed by atoms with Crippen molar-refractivity contribution in [2.45, 2.75) is 10.8 Å². The van der Waals surface area contributed by atoms with Gasteiger partial charge >= 0.3 is 0 Å². The van der Waals surface area contributed by atoms with Gasteiger partial charge in [-0.3, -0.25) is 10.1 Å². The smallest absolute Gasteiger partial charge is 0.289 e. The number of sulfonamides is 1. The zero-order chi connectivity index (χ0) is 15.6. The van der Waals surface area contributed by atoms with Crippen molar-refractivity contribution in [1.29, 1.82) is 0 Å². The molecule has 1 rings (SSSR count). The number of alkyl halides is 2. The van der Waals surface area contributed by atoms with E-state index in [9.17, 15) is 27.3 Å². The molecule has 0 radical (unpaired) electrons. The van der Waals surface area contributed by atoms with Crippen molar-refractivity contribution in [1.82, 2.24) is 4.72 Å². The number of nitrogens with zero attached hydrogens (tertiary/aromatic N) is 1. The van der Waals surface area contributed by atoms with E-state index in [4.69, 9.17) is 5.73 Å². The summed E-state index contributed by atoms with van der Waals surface area (Å²) in [6, 6.07) is 3.19. The first kappa shape index (κ1) is 16.9. The molecule has 0 bridgehead atoms. The molecule has 0 fully saturated rings. The molecular weight excluding hydrogens is 364 g/mol. The van der Waals surface area contributed by atoms with Gasteiger partial charge in [-0.2, -0.15) is 0 Å². The quantitative estimate of drug-likeness (QED) is 0.574. The van der Waals surface area contributed by atoms with Crippen LogP contribution in [0.1, 0.15) is 0 Å². The highest BCUT2D eigenvalue weighted by molar-refractivity contribution is 9.10. The molecule has 0 aliphatic rings. The van der Waals surface area contributed by atoms with Gasteiger partial charge in [-0.25, -0.2) is 21.9 Å². The summed E-state index contributed by atoms with van der Waals surface area (Å²) in [6.45, 7) is -2.29. The van der Waals surface area contributed by atoms with Crippen LogP contribution in [-0.2, 0) is 10.0 Å². The van der Waals surface area contributed by atoms with Gasteiger partial charge in [-0.1, -0.05) is 15.9 Å². The molecule has 20 heavy (non-hydrogen) atoms. The second-order valence-corrected chi connectivity index (χ2v) is 6.40. The van der Waals surface area contributed by atoms with Crippen LogP contribution in [0.3, 0.4) is 0 Å². The van der Waals surface area contributed by atoms with Gasteiger partial charge in [0.05, 0.1) is 18.0 Å². The molecule has 112 valence electrons. The third kappa shape index (κ3) is 4.16. The number of halogens is 3. The first-order chi connectivity index (χ1) is 9.09. The minimum absolute atomic E-state index is 0.258. The van der Waals surface area contributed by atoms with Gasteiger partial charge in [0.2, 0.25) is 10.0 Å². The minimum atomic E-state index is -4.46. The van der Waals surface area contributed by atoms with E-state index in [2.05, 4.69) is 15.9 Å². The van der Waals surface area contributed by atoms with E-state index in [-0.39, 0.29) is 4.47 Å². The van der Waals surface area contributed by atoms with Gasteiger partial charge in [0, 0.05) is 10.5 Å². The molecule has 0 saturated heterocycles. The fourth-order valence-corrected chi connectivity index (χ4v) is 2.97. The number of hydrogen-bond donors (Lipinski definition) is 2. The highest BCUT2D eigenvalue weighted by atomic mass is 79.9. The molecule has 0 atom stereocenters. The lowest BCUT2D eigenvalue weighted by Crippen LogP contribution is -2.41. The van der Waals surface area contributed by atoms with Crippen molar-refractivity contribution in [3.8, 4) is 0 Å². The van der Waals surface area contributed by atoms with E-state index < -0.39 is 44.5 Å². The van der Waals surface area contributed by atoms with E-state index >= 15 is 0 Å². The zero-order valence-corrected chi connectivity index (χ0v) is 12.2. The molecule has 7 nitrogen and oxygen atoms in total. The summed E-state index contributed by atoms with van der Waals surface area (Å²) in [6.07, 6.45) is 0. The van der Waals surface area contributed by atoms with Crippen LogP contribution in [0.5, 0.6) is 0 Å². The average Bonchev–Trinajstić information content (AvgIpc) is 2.36. The van der Waals surface area contributed by atoms with Crippen LogP contribution < -0.4 is 10.5 Å². The molecule has 0 spiro atoms. The maximum Gasteiger partial charge on any atom is 0.289 e. The van der Waals surface area contributed by atoms with Crippen molar-refractivity contribution >= 4 is 31.6 Å². The topological polar surface area (TPSA) is 115 Å². The molecule has 3 N–H and O–H groups in total. The van der Waals surface area contributed by atoms with Gasteiger partial charge in [0.25, 0.3) is 11.6 Å². The maximum atomic E-state index is 12.9. The van der Waals surface area contributed by atoms with Crippen molar-refractivity contribution in [2.24, 2.45) is 5.73 Å². The van der Waals surface area contributed by atoms with E-state index in [0.717, 1.165) is 12.1 Å². The molecule has 0 aromatic heterocycles. The Hall–Kier alpha value is -1.17. The summed E-state index contributed by atoms with van der Waals surface area (Å²) >= 11 is 2.96. The first-order valence-electron chi connectivity index (χ1n) is 5.10. The van der Waals surface area contributed by atoms with Gasteiger partial charge in [-0.15, -0.1) is 0 Å². The van der Waals surface area contributed by atoms with E-state index in [1.165, 1.54) is 6.07 Å². The van der Waals surface area contributed by atoms with Crippen LogP contribution in [0.4, 0.5) is 14.5 Å². The Labute approximate surface area is 121 Å². The van der Waals surface area contributed by atoms with Crippen LogP contribution in [0, 0.1) is 10.1 Å². The standard InChI is InChI=1S/C9H10BrF2N3O4S/c10-6-1-2-7(15(16)17)8(3-6)20(18,19)14-5-9(11,12)4-13/h1-3,14H,4-5,13H2. The Morgan fingerprint density at radius 3 is 2.55 bits per heavy atom. The first-order valence-corrected chi connectivity index (χ1v) is 7.38. The number of benzene rings is 1. The second kappa shape index (κ2) is 6.08. The van der Waals surface area contributed by atoms with Gasteiger partial charge in [0.1, 0.15) is 0 Å². The number of nitrogens with two attached hydrogens (primary N) is 1. The van der Waals surface area contributed by atoms with Crippen LogP contribution >= 0.6 is 15.9 Å². The Balaban J connectivity index is 3.16. The molecular formula is C9H10BrF2N3O4S. The van der Waals surface area contributed by atoms with E-state index in [0.29, 0.717) is 0 Å². The summed E-state index contributed by atoms with van der Waals surface area (Å²) in [5, 5.41) is 10.8. The van der Waals surface area contributed by atoms with Crippen LogP contribution in [0.15, 0.2) is 27.6 Å². The van der Waals surface area contributed by atoms with Crippen molar-refractivity contribution in [3.63, 3.8) is 0 Å². The molecule has 11 heteroatoms. The predicted octanol–water partition coefficient (Wildman–Crippen LogP) is 1.23. The third-order valence-corrected chi connectivity index (χ3v) is 4.15. The molecule has 0 amide bonds.